The van der Waals surface area contributed by atoms with Crippen molar-refractivity contribution in [1.82, 2.24) is 15.4 Å². The highest BCUT2D eigenvalue weighted by Crippen LogP contribution is 2.39. The van der Waals surface area contributed by atoms with Gasteiger partial charge in [-0.15, -0.1) is 0 Å². The first kappa shape index (κ1) is 22.1. The molecule has 1 aliphatic rings. The first-order valence-corrected chi connectivity index (χ1v) is 11.7. The predicted octanol–water partition coefficient (Wildman–Crippen LogP) is 2.82. The fourth-order valence-corrected chi connectivity index (χ4v) is 4.49. The zero-order valence-corrected chi connectivity index (χ0v) is 18.5. The quantitative estimate of drug-likeness (QED) is 0.357. The Morgan fingerprint density at radius 1 is 1.13 bits per heavy atom. The summed E-state index contributed by atoms with van der Waals surface area (Å²) in [6.45, 7) is 7.37. The molecule has 0 amide bonds. The number of guanidine groups is 1. The van der Waals surface area contributed by atoms with Gasteiger partial charge in [0.15, 0.2) is 5.96 Å². The van der Waals surface area contributed by atoms with E-state index in [1.165, 1.54) is 0 Å². The largest absolute Gasteiger partial charge is 0.487 e. The maximum Gasteiger partial charge on any atom is 0.240 e. The summed E-state index contributed by atoms with van der Waals surface area (Å²) in [7, 11) is -3.53. The molecule has 162 valence electrons. The average Bonchev–Trinajstić information content (AvgIpc) is 2.71. The molecule has 1 aliphatic heterocycles. The van der Waals surface area contributed by atoms with Gasteiger partial charge >= 0.3 is 0 Å². The van der Waals surface area contributed by atoms with Gasteiger partial charge in [-0.2, -0.15) is 0 Å². The van der Waals surface area contributed by atoms with E-state index in [4.69, 9.17) is 4.74 Å². The van der Waals surface area contributed by atoms with Crippen LogP contribution in [0, 0.1) is 0 Å². The van der Waals surface area contributed by atoms with E-state index in [0.717, 1.165) is 17.7 Å². The fraction of sp³-hybridized carbons (Fsp3) is 0.409. The van der Waals surface area contributed by atoms with Crippen molar-refractivity contribution >= 4 is 16.0 Å². The molecule has 7 nitrogen and oxygen atoms in total. The van der Waals surface area contributed by atoms with Crippen molar-refractivity contribution in [3.8, 4) is 5.75 Å². The van der Waals surface area contributed by atoms with Gasteiger partial charge in [0.05, 0.1) is 17.5 Å². The van der Waals surface area contributed by atoms with E-state index in [2.05, 4.69) is 40.3 Å². The van der Waals surface area contributed by atoms with Crippen molar-refractivity contribution in [2.45, 2.75) is 43.7 Å². The minimum Gasteiger partial charge on any atom is -0.487 e. The van der Waals surface area contributed by atoms with E-state index in [1.54, 1.807) is 30.3 Å². The molecule has 1 heterocycles. The molecule has 2 aromatic rings. The van der Waals surface area contributed by atoms with Crippen LogP contribution in [-0.4, -0.2) is 39.6 Å². The molecule has 0 aliphatic carbocycles. The van der Waals surface area contributed by atoms with Gasteiger partial charge in [-0.1, -0.05) is 36.4 Å². The summed E-state index contributed by atoms with van der Waals surface area (Å²) in [6, 6.07) is 16.4. The Labute approximate surface area is 179 Å². The fourth-order valence-electron chi connectivity index (χ4n) is 3.45. The highest BCUT2D eigenvalue weighted by Gasteiger charge is 2.33. The van der Waals surface area contributed by atoms with Crippen LogP contribution in [0.2, 0.25) is 0 Å². The van der Waals surface area contributed by atoms with E-state index in [-0.39, 0.29) is 23.1 Å². The summed E-state index contributed by atoms with van der Waals surface area (Å²) in [5.74, 6) is 1.52. The van der Waals surface area contributed by atoms with Crippen LogP contribution in [0.5, 0.6) is 5.75 Å². The number of nitrogens with zero attached hydrogens (tertiary/aromatic N) is 1. The SMILES string of the molecule is CCNC(=NCCNS(=O)(=O)c1ccccc1)NC1CC(C)(C)Oc2ccccc21. The second-order valence-electron chi connectivity index (χ2n) is 7.77. The van der Waals surface area contributed by atoms with Gasteiger partial charge in [0.25, 0.3) is 0 Å². The third kappa shape index (κ3) is 5.73. The Hall–Kier alpha value is -2.58. The lowest BCUT2D eigenvalue weighted by molar-refractivity contribution is 0.0694. The molecule has 0 saturated carbocycles. The van der Waals surface area contributed by atoms with Gasteiger partial charge in [-0.05, 0) is 39.0 Å². The summed E-state index contributed by atoms with van der Waals surface area (Å²) in [4.78, 5) is 4.80. The highest BCUT2D eigenvalue weighted by molar-refractivity contribution is 7.89. The first-order valence-electron chi connectivity index (χ1n) is 10.2. The molecule has 30 heavy (non-hydrogen) atoms. The standard InChI is InChI=1S/C22H30N4O3S/c1-4-23-21(24-14-15-25-30(27,28)17-10-6-5-7-11-17)26-19-16-22(2,3)29-20-13-9-8-12-18(19)20/h5-13,19,25H,4,14-16H2,1-3H3,(H2,23,24,26). The van der Waals surface area contributed by atoms with E-state index in [0.29, 0.717) is 19.0 Å². The van der Waals surface area contributed by atoms with Crippen molar-refractivity contribution < 1.29 is 13.2 Å². The van der Waals surface area contributed by atoms with E-state index in [1.807, 2.05) is 25.1 Å². The van der Waals surface area contributed by atoms with E-state index >= 15 is 0 Å². The van der Waals surface area contributed by atoms with Crippen LogP contribution >= 0.6 is 0 Å². The van der Waals surface area contributed by atoms with Crippen molar-refractivity contribution in [3.63, 3.8) is 0 Å². The van der Waals surface area contributed by atoms with E-state index < -0.39 is 10.0 Å². The molecule has 0 bridgehead atoms. The summed E-state index contributed by atoms with van der Waals surface area (Å²) in [5, 5.41) is 6.72. The van der Waals surface area contributed by atoms with Crippen molar-refractivity contribution in [3.05, 3.63) is 60.2 Å². The number of hydrogen-bond donors (Lipinski definition) is 3. The molecule has 1 atom stereocenters. The van der Waals surface area contributed by atoms with Gasteiger partial charge in [0, 0.05) is 25.1 Å². The number of fused-ring (bicyclic) bond motifs is 1. The van der Waals surface area contributed by atoms with Gasteiger partial charge in [-0.3, -0.25) is 4.99 Å². The minimum absolute atomic E-state index is 0.0451. The Kier molecular flexibility index (Phi) is 6.99. The Morgan fingerprint density at radius 3 is 2.57 bits per heavy atom. The number of benzene rings is 2. The van der Waals surface area contributed by atoms with Crippen LogP contribution in [0.3, 0.4) is 0 Å². The third-order valence-electron chi connectivity index (χ3n) is 4.76. The Morgan fingerprint density at radius 2 is 1.83 bits per heavy atom. The maximum atomic E-state index is 12.3. The minimum atomic E-state index is -3.53. The van der Waals surface area contributed by atoms with Crippen LogP contribution in [0.25, 0.3) is 0 Å². The molecule has 0 radical (unpaired) electrons. The van der Waals surface area contributed by atoms with Crippen LogP contribution < -0.4 is 20.1 Å². The Bertz CT molecular complexity index is 975. The number of ether oxygens (including phenoxy) is 1. The normalized spacial score (nSPS) is 18.2. The second-order valence-corrected chi connectivity index (χ2v) is 9.54. The monoisotopic (exact) mass is 430 g/mol. The summed E-state index contributed by atoms with van der Waals surface area (Å²) in [5.41, 5.74) is 0.793. The third-order valence-corrected chi connectivity index (χ3v) is 6.24. The predicted molar refractivity (Wildman–Crippen MR) is 119 cm³/mol. The number of rotatable bonds is 7. The Balaban J connectivity index is 1.65. The van der Waals surface area contributed by atoms with Crippen molar-refractivity contribution in [2.75, 3.05) is 19.6 Å². The topological polar surface area (TPSA) is 91.8 Å². The maximum absolute atomic E-state index is 12.3. The van der Waals surface area contributed by atoms with Crippen LogP contribution in [-0.2, 0) is 10.0 Å². The van der Waals surface area contributed by atoms with Crippen LogP contribution in [0.4, 0.5) is 0 Å². The molecular weight excluding hydrogens is 400 g/mol. The lowest BCUT2D eigenvalue weighted by Crippen LogP contribution is -2.45. The number of nitrogens with one attached hydrogen (secondary N) is 3. The highest BCUT2D eigenvalue weighted by atomic mass is 32.2. The molecule has 0 spiro atoms. The molecule has 0 saturated heterocycles. The molecular formula is C22H30N4O3S. The molecule has 8 heteroatoms. The van der Waals surface area contributed by atoms with Gasteiger partial charge < -0.3 is 15.4 Å². The zero-order chi connectivity index (χ0) is 21.6. The summed E-state index contributed by atoms with van der Waals surface area (Å²) >= 11 is 0. The smallest absolute Gasteiger partial charge is 0.240 e. The van der Waals surface area contributed by atoms with Crippen molar-refractivity contribution in [1.29, 1.82) is 0 Å². The number of sulfonamides is 1. The molecule has 3 rings (SSSR count). The van der Waals surface area contributed by atoms with Gasteiger partial charge in [-0.25, -0.2) is 13.1 Å². The number of hydrogen-bond acceptors (Lipinski definition) is 4. The lowest BCUT2D eigenvalue weighted by Gasteiger charge is -2.38. The van der Waals surface area contributed by atoms with Gasteiger partial charge in [0.2, 0.25) is 10.0 Å². The van der Waals surface area contributed by atoms with Crippen molar-refractivity contribution in [2.24, 2.45) is 4.99 Å². The lowest BCUT2D eigenvalue weighted by atomic mass is 9.90. The first-order chi connectivity index (χ1) is 14.3. The van der Waals surface area contributed by atoms with Gasteiger partial charge in [0.1, 0.15) is 11.4 Å². The molecule has 2 aromatic carbocycles. The second kappa shape index (κ2) is 9.49. The molecule has 3 N–H and O–H groups in total. The van der Waals surface area contributed by atoms with Crippen LogP contribution in [0.1, 0.15) is 38.8 Å². The molecule has 0 aromatic heterocycles. The van der Waals surface area contributed by atoms with E-state index in [9.17, 15) is 8.42 Å². The number of para-hydroxylation sites is 1. The molecule has 1 unspecified atom stereocenters. The summed E-state index contributed by atoms with van der Waals surface area (Å²) in [6.07, 6.45) is 0.787. The summed E-state index contributed by atoms with van der Waals surface area (Å²) < 4.78 is 33.3. The van der Waals surface area contributed by atoms with Crippen LogP contribution in [0.15, 0.2) is 64.5 Å². The average molecular weight is 431 g/mol. The molecule has 0 fully saturated rings. The zero-order valence-electron chi connectivity index (χ0n) is 17.7. The number of aliphatic imine (C=N–C) groups is 1.